The monoisotopic (exact) mass is 304 g/mol. The molecule has 0 bridgehead atoms. The van der Waals surface area contributed by atoms with E-state index in [2.05, 4.69) is 5.32 Å². The Morgan fingerprint density at radius 3 is 2.86 bits per heavy atom. The number of amides is 2. The van der Waals surface area contributed by atoms with Gasteiger partial charge in [-0.2, -0.15) is 0 Å². The van der Waals surface area contributed by atoms with E-state index >= 15 is 0 Å². The quantitative estimate of drug-likeness (QED) is 0.926. The SMILES string of the molecule is Cc1ccc([C@@H]2CN(C(=O)Nc3ccccc3F)CCO2)o1. The van der Waals surface area contributed by atoms with E-state index in [9.17, 15) is 9.18 Å². The lowest BCUT2D eigenvalue weighted by Crippen LogP contribution is -2.44. The molecule has 116 valence electrons. The molecular weight excluding hydrogens is 287 g/mol. The molecule has 1 aromatic carbocycles. The van der Waals surface area contributed by atoms with Gasteiger partial charge in [-0.25, -0.2) is 9.18 Å². The average molecular weight is 304 g/mol. The van der Waals surface area contributed by atoms with Gasteiger partial charge in [-0.3, -0.25) is 0 Å². The number of carbonyl (C=O) groups is 1. The minimum atomic E-state index is -0.456. The summed E-state index contributed by atoms with van der Waals surface area (Å²) in [6.07, 6.45) is -0.297. The molecule has 1 aliphatic heterocycles. The number of benzene rings is 1. The Morgan fingerprint density at radius 2 is 2.14 bits per heavy atom. The van der Waals surface area contributed by atoms with Gasteiger partial charge in [0.15, 0.2) is 0 Å². The minimum absolute atomic E-state index is 0.171. The van der Waals surface area contributed by atoms with Gasteiger partial charge in [0, 0.05) is 6.54 Å². The molecule has 0 radical (unpaired) electrons. The third-order valence-corrected chi connectivity index (χ3v) is 3.55. The molecule has 6 heteroatoms. The number of carbonyl (C=O) groups excluding carboxylic acids is 1. The molecule has 0 aliphatic carbocycles. The number of hydrogen-bond acceptors (Lipinski definition) is 3. The van der Waals surface area contributed by atoms with Gasteiger partial charge in [0.1, 0.15) is 23.4 Å². The van der Waals surface area contributed by atoms with Crippen molar-refractivity contribution >= 4 is 11.7 Å². The molecule has 0 unspecified atom stereocenters. The second-order valence-electron chi connectivity index (χ2n) is 5.16. The van der Waals surface area contributed by atoms with Crippen LogP contribution in [0.1, 0.15) is 17.6 Å². The molecule has 0 saturated carbocycles. The molecule has 1 aromatic heterocycles. The number of halogens is 1. The van der Waals surface area contributed by atoms with Gasteiger partial charge in [0.2, 0.25) is 0 Å². The van der Waals surface area contributed by atoms with Crippen molar-refractivity contribution in [3.8, 4) is 0 Å². The van der Waals surface area contributed by atoms with Gasteiger partial charge >= 0.3 is 6.03 Å². The third kappa shape index (κ3) is 3.12. The fourth-order valence-electron chi connectivity index (χ4n) is 2.39. The second kappa shape index (κ2) is 6.19. The Hall–Kier alpha value is -2.34. The summed E-state index contributed by atoms with van der Waals surface area (Å²) in [4.78, 5) is 13.9. The molecule has 1 atom stereocenters. The maximum Gasteiger partial charge on any atom is 0.322 e. The maximum atomic E-state index is 13.6. The molecule has 0 spiro atoms. The fraction of sp³-hybridized carbons (Fsp3) is 0.312. The lowest BCUT2D eigenvalue weighted by molar-refractivity contribution is -0.0246. The zero-order valence-electron chi connectivity index (χ0n) is 12.2. The minimum Gasteiger partial charge on any atom is -0.464 e. The summed E-state index contributed by atoms with van der Waals surface area (Å²) in [7, 11) is 0. The van der Waals surface area contributed by atoms with E-state index in [1.807, 2.05) is 19.1 Å². The number of nitrogens with zero attached hydrogens (tertiary/aromatic N) is 1. The van der Waals surface area contributed by atoms with E-state index < -0.39 is 5.82 Å². The van der Waals surface area contributed by atoms with E-state index in [0.717, 1.165) is 5.76 Å². The molecule has 2 amide bonds. The summed E-state index contributed by atoms with van der Waals surface area (Å²) < 4.78 is 24.8. The summed E-state index contributed by atoms with van der Waals surface area (Å²) in [6.45, 7) is 3.09. The van der Waals surface area contributed by atoms with Crippen LogP contribution in [0.25, 0.3) is 0 Å². The van der Waals surface area contributed by atoms with Crippen LogP contribution in [0.2, 0.25) is 0 Å². The van der Waals surface area contributed by atoms with Crippen LogP contribution in [-0.2, 0) is 4.74 Å². The number of morpholine rings is 1. The topological polar surface area (TPSA) is 54.7 Å². The molecule has 2 aromatic rings. The van der Waals surface area contributed by atoms with E-state index in [1.54, 1.807) is 17.0 Å². The first kappa shape index (κ1) is 14.6. The predicted octanol–water partition coefficient (Wildman–Crippen LogP) is 3.33. The predicted molar refractivity (Wildman–Crippen MR) is 79.1 cm³/mol. The van der Waals surface area contributed by atoms with Crippen LogP contribution in [0.3, 0.4) is 0 Å². The molecular formula is C16H17FN2O3. The zero-order valence-corrected chi connectivity index (χ0v) is 12.2. The largest absolute Gasteiger partial charge is 0.464 e. The molecule has 3 rings (SSSR count). The molecule has 1 N–H and O–H groups in total. The first-order valence-electron chi connectivity index (χ1n) is 7.12. The van der Waals surface area contributed by atoms with Crippen LogP contribution in [-0.4, -0.2) is 30.6 Å². The summed E-state index contributed by atoms with van der Waals surface area (Å²) in [6, 6.07) is 9.45. The van der Waals surface area contributed by atoms with Crippen LogP contribution in [0.5, 0.6) is 0 Å². The van der Waals surface area contributed by atoms with Crippen molar-refractivity contribution in [1.82, 2.24) is 4.90 Å². The van der Waals surface area contributed by atoms with Gasteiger partial charge in [-0.05, 0) is 31.2 Å². The third-order valence-electron chi connectivity index (χ3n) is 3.55. The highest BCUT2D eigenvalue weighted by molar-refractivity contribution is 5.89. The smallest absolute Gasteiger partial charge is 0.322 e. The molecule has 5 nitrogen and oxygen atoms in total. The van der Waals surface area contributed by atoms with E-state index in [1.165, 1.54) is 12.1 Å². The Morgan fingerprint density at radius 1 is 1.32 bits per heavy atom. The summed E-state index contributed by atoms with van der Waals surface area (Å²) in [5, 5.41) is 2.58. The Kier molecular flexibility index (Phi) is 4.11. The molecule has 22 heavy (non-hydrogen) atoms. The molecule has 1 saturated heterocycles. The molecule has 1 fully saturated rings. The van der Waals surface area contributed by atoms with Crippen molar-refractivity contribution in [3.63, 3.8) is 0 Å². The lowest BCUT2D eigenvalue weighted by Gasteiger charge is -2.32. The number of aryl methyl sites for hydroxylation is 1. The maximum absolute atomic E-state index is 13.6. The van der Waals surface area contributed by atoms with Crippen molar-refractivity contribution in [3.05, 3.63) is 53.7 Å². The number of furan rings is 1. The van der Waals surface area contributed by atoms with Crippen molar-refractivity contribution < 1.29 is 18.3 Å². The summed E-state index contributed by atoms with van der Waals surface area (Å²) in [5.41, 5.74) is 0.171. The van der Waals surface area contributed by atoms with Crippen LogP contribution in [0.15, 0.2) is 40.8 Å². The molecule has 1 aliphatic rings. The van der Waals surface area contributed by atoms with Gasteiger partial charge in [0.25, 0.3) is 0 Å². The second-order valence-corrected chi connectivity index (χ2v) is 5.16. The zero-order chi connectivity index (χ0) is 15.5. The van der Waals surface area contributed by atoms with E-state index in [4.69, 9.17) is 9.15 Å². The van der Waals surface area contributed by atoms with Crippen LogP contribution in [0.4, 0.5) is 14.9 Å². The normalized spacial score (nSPS) is 18.3. The van der Waals surface area contributed by atoms with Gasteiger partial charge < -0.3 is 19.4 Å². The van der Waals surface area contributed by atoms with Crippen molar-refractivity contribution in [2.75, 3.05) is 25.0 Å². The number of urea groups is 1. The highest BCUT2D eigenvalue weighted by Crippen LogP contribution is 2.24. The van der Waals surface area contributed by atoms with E-state index in [0.29, 0.717) is 25.5 Å². The van der Waals surface area contributed by atoms with Crippen molar-refractivity contribution in [1.29, 1.82) is 0 Å². The fourth-order valence-corrected chi connectivity index (χ4v) is 2.39. The standard InChI is InChI=1S/C16H17FN2O3/c1-11-6-7-14(22-11)15-10-19(8-9-21-15)16(20)18-13-5-3-2-4-12(13)17/h2-7,15H,8-10H2,1H3,(H,18,20)/t15-/m0/s1. The number of anilines is 1. The van der Waals surface area contributed by atoms with Gasteiger partial charge in [-0.1, -0.05) is 12.1 Å². The number of para-hydroxylation sites is 1. The van der Waals surface area contributed by atoms with Crippen LogP contribution in [0, 0.1) is 12.7 Å². The highest BCUT2D eigenvalue weighted by Gasteiger charge is 2.27. The summed E-state index contributed by atoms with van der Waals surface area (Å²) in [5.74, 6) is 1.04. The molecule has 2 heterocycles. The van der Waals surface area contributed by atoms with Crippen LogP contribution >= 0.6 is 0 Å². The van der Waals surface area contributed by atoms with Crippen molar-refractivity contribution in [2.45, 2.75) is 13.0 Å². The van der Waals surface area contributed by atoms with E-state index in [-0.39, 0.29) is 17.8 Å². The van der Waals surface area contributed by atoms with Crippen LogP contribution < -0.4 is 5.32 Å². The van der Waals surface area contributed by atoms with Gasteiger partial charge in [-0.15, -0.1) is 0 Å². The van der Waals surface area contributed by atoms with Gasteiger partial charge in [0.05, 0.1) is 18.8 Å². The number of rotatable bonds is 2. The number of nitrogens with one attached hydrogen (secondary N) is 1. The Balaban J connectivity index is 1.66. The highest BCUT2D eigenvalue weighted by atomic mass is 19.1. The Labute approximate surface area is 127 Å². The lowest BCUT2D eigenvalue weighted by atomic mass is 10.2. The average Bonchev–Trinajstić information content (AvgIpc) is 2.96. The number of ether oxygens (including phenoxy) is 1. The van der Waals surface area contributed by atoms with Crippen molar-refractivity contribution in [2.24, 2.45) is 0 Å². The summed E-state index contributed by atoms with van der Waals surface area (Å²) >= 11 is 0. The first-order valence-corrected chi connectivity index (χ1v) is 7.12. The Bertz CT molecular complexity index is 671. The first-order chi connectivity index (χ1) is 10.6. The number of hydrogen-bond donors (Lipinski definition) is 1.